The van der Waals surface area contributed by atoms with Gasteiger partial charge in [0.05, 0.1) is 11.2 Å². The summed E-state index contributed by atoms with van der Waals surface area (Å²) >= 11 is 0. The second-order valence-electron chi connectivity index (χ2n) is 7.33. The molecular formula is C22H22F6N4O5. The van der Waals surface area contributed by atoms with Gasteiger partial charge in [0.2, 0.25) is 5.91 Å². The van der Waals surface area contributed by atoms with Crippen molar-refractivity contribution in [1.29, 1.82) is 0 Å². The Hall–Kier alpha value is -4.17. The fraction of sp³-hybridized carbons (Fsp3) is 0.318. The summed E-state index contributed by atoms with van der Waals surface area (Å²) in [5.74, 6) is -5.48. The molecule has 2 aromatic heterocycles. The fourth-order valence-electron chi connectivity index (χ4n) is 2.53. The first-order valence-corrected chi connectivity index (χ1v) is 10.2. The summed E-state index contributed by atoms with van der Waals surface area (Å²) in [6.07, 6.45) is -7.29. The average molecular weight is 536 g/mol. The maximum absolute atomic E-state index is 12.0. The standard InChI is InChI=1S/C18H20N4O.2C2HF3O2/c1-12-13(2)21-22-16(12)7-8-18(23)20-11-14-5-6-17-15(10-14)4-3-9-19-17;2*3-2(4,5)1(6)7/h3-6,9-10H,7-8,11H2,1-2H3,(H,20,23)(H,21,22);2*(H,6,7). The lowest BCUT2D eigenvalue weighted by Crippen LogP contribution is -2.23. The van der Waals surface area contributed by atoms with Crippen LogP contribution >= 0.6 is 0 Å². The minimum Gasteiger partial charge on any atom is -0.475 e. The van der Waals surface area contributed by atoms with E-state index in [9.17, 15) is 31.1 Å². The molecule has 0 saturated heterocycles. The monoisotopic (exact) mass is 536 g/mol. The molecule has 9 nitrogen and oxygen atoms in total. The second-order valence-corrected chi connectivity index (χ2v) is 7.33. The number of carboxylic acids is 2. The van der Waals surface area contributed by atoms with Gasteiger partial charge in [-0.15, -0.1) is 0 Å². The molecule has 0 bridgehead atoms. The summed E-state index contributed by atoms with van der Waals surface area (Å²) in [7, 11) is 0. The Kier molecular flexibility index (Phi) is 11.0. The zero-order valence-electron chi connectivity index (χ0n) is 19.4. The number of aromatic amines is 1. The number of fused-ring (bicyclic) bond motifs is 1. The van der Waals surface area contributed by atoms with Gasteiger partial charge in [-0.2, -0.15) is 31.4 Å². The molecule has 0 spiro atoms. The molecular weight excluding hydrogens is 514 g/mol. The first-order chi connectivity index (χ1) is 17.0. The van der Waals surface area contributed by atoms with Gasteiger partial charge in [0.25, 0.3) is 0 Å². The highest BCUT2D eigenvalue weighted by Gasteiger charge is 2.38. The minimum absolute atomic E-state index is 0.0383. The molecule has 3 aromatic rings. The average Bonchev–Trinajstić information content (AvgIpc) is 3.13. The molecule has 37 heavy (non-hydrogen) atoms. The number of aryl methyl sites for hydroxylation is 2. The van der Waals surface area contributed by atoms with Crippen LogP contribution in [0.1, 0.15) is 28.9 Å². The van der Waals surface area contributed by atoms with E-state index in [0.29, 0.717) is 19.4 Å². The second kappa shape index (κ2) is 13.2. The highest BCUT2D eigenvalue weighted by molar-refractivity contribution is 5.79. The molecule has 202 valence electrons. The normalized spacial score (nSPS) is 11.0. The summed E-state index contributed by atoms with van der Waals surface area (Å²) in [5.41, 5.74) is 5.21. The number of rotatable bonds is 5. The van der Waals surface area contributed by atoms with E-state index in [0.717, 1.165) is 33.4 Å². The predicted octanol–water partition coefficient (Wildman–Crippen LogP) is 4.09. The van der Waals surface area contributed by atoms with Crippen molar-refractivity contribution in [2.45, 2.75) is 45.6 Å². The van der Waals surface area contributed by atoms with E-state index >= 15 is 0 Å². The van der Waals surface area contributed by atoms with Crippen molar-refractivity contribution in [3.05, 3.63) is 59.0 Å². The fourth-order valence-corrected chi connectivity index (χ4v) is 2.53. The third-order valence-corrected chi connectivity index (χ3v) is 4.58. The summed E-state index contributed by atoms with van der Waals surface area (Å²) in [6.45, 7) is 4.54. The molecule has 0 atom stereocenters. The van der Waals surface area contributed by atoms with Crippen molar-refractivity contribution >= 4 is 28.7 Å². The Bertz CT molecular complexity index is 1200. The van der Waals surface area contributed by atoms with Crippen LogP contribution in [0.25, 0.3) is 10.9 Å². The summed E-state index contributed by atoms with van der Waals surface area (Å²) < 4.78 is 63.5. The van der Waals surface area contributed by atoms with Crippen molar-refractivity contribution in [3.8, 4) is 0 Å². The Morgan fingerprint density at radius 3 is 2.03 bits per heavy atom. The molecule has 0 unspecified atom stereocenters. The van der Waals surface area contributed by atoms with E-state index in [1.165, 1.54) is 0 Å². The van der Waals surface area contributed by atoms with E-state index in [4.69, 9.17) is 19.8 Å². The minimum atomic E-state index is -5.08. The number of pyridine rings is 1. The highest BCUT2D eigenvalue weighted by atomic mass is 19.4. The molecule has 0 aliphatic carbocycles. The summed E-state index contributed by atoms with van der Waals surface area (Å²) in [5, 5.41) is 25.5. The van der Waals surface area contributed by atoms with E-state index < -0.39 is 24.3 Å². The molecule has 0 aliphatic heterocycles. The number of hydrogen-bond acceptors (Lipinski definition) is 5. The van der Waals surface area contributed by atoms with E-state index in [1.807, 2.05) is 38.1 Å². The highest BCUT2D eigenvalue weighted by Crippen LogP contribution is 2.15. The smallest absolute Gasteiger partial charge is 0.475 e. The zero-order chi connectivity index (χ0) is 28.4. The first-order valence-electron chi connectivity index (χ1n) is 10.2. The Morgan fingerprint density at radius 2 is 1.54 bits per heavy atom. The molecule has 4 N–H and O–H groups in total. The van der Waals surface area contributed by atoms with Crippen molar-refractivity contribution in [2.75, 3.05) is 0 Å². The van der Waals surface area contributed by atoms with Gasteiger partial charge in [-0.1, -0.05) is 12.1 Å². The van der Waals surface area contributed by atoms with Crippen LogP contribution in [0, 0.1) is 13.8 Å². The molecule has 3 rings (SSSR count). The number of halogens is 6. The number of carboxylic acid groups (broad SMARTS) is 2. The SMILES string of the molecule is Cc1[nH]nc(CCC(=O)NCc2ccc3ncccc3c2)c1C.O=C(O)C(F)(F)F.O=C(O)C(F)(F)F. The zero-order valence-corrected chi connectivity index (χ0v) is 19.4. The van der Waals surface area contributed by atoms with E-state index in [1.54, 1.807) is 6.20 Å². The summed E-state index contributed by atoms with van der Waals surface area (Å²) in [6, 6.07) is 9.97. The van der Waals surface area contributed by atoms with Crippen molar-refractivity contribution < 1.29 is 50.9 Å². The van der Waals surface area contributed by atoms with Gasteiger partial charge in [0.15, 0.2) is 0 Å². The molecule has 2 heterocycles. The van der Waals surface area contributed by atoms with E-state index in [-0.39, 0.29) is 5.91 Å². The lowest BCUT2D eigenvalue weighted by molar-refractivity contribution is -0.193. The van der Waals surface area contributed by atoms with Gasteiger partial charge >= 0.3 is 24.3 Å². The molecule has 1 aromatic carbocycles. The quantitative estimate of drug-likeness (QED) is 0.360. The van der Waals surface area contributed by atoms with E-state index in [2.05, 4.69) is 26.6 Å². The number of amides is 1. The number of hydrogen-bond donors (Lipinski definition) is 4. The summed E-state index contributed by atoms with van der Waals surface area (Å²) in [4.78, 5) is 34.1. The Morgan fingerprint density at radius 1 is 0.973 bits per heavy atom. The van der Waals surface area contributed by atoms with Crippen molar-refractivity contribution in [2.24, 2.45) is 0 Å². The van der Waals surface area contributed by atoms with Crippen LogP contribution in [0.15, 0.2) is 36.5 Å². The first kappa shape index (κ1) is 30.9. The number of nitrogens with one attached hydrogen (secondary N) is 2. The molecule has 0 saturated carbocycles. The van der Waals surface area contributed by atoms with Gasteiger partial charge in [-0.05, 0) is 43.2 Å². The molecule has 1 amide bonds. The molecule has 0 radical (unpaired) electrons. The van der Waals surface area contributed by atoms with Crippen LogP contribution in [0.3, 0.4) is 0 Å². The number of benzene rings is 1. The number of aromatic nitrogens is 3. The van der Waals surface area contributed by atoms with Crippen LogP contribution in [0.5, 0.6) is 0 Å². The van der Waals surface area contributed by atoms with Gasteiger partial charge in [0.1, 0.15) is 0 Å². The maximum Gasteiger partial charge on any atom is 0.490 e. The molecule has 15 heteroatoms. The van der Waals surface area contributed by atoms with Crippen LogP contribution in [-0.4, -0.2) is 55.6 Å². The van der Waals surface area contributed by atoms with Gasteiger partial charge < -0.3 is 15.5 Å². The van der Waals surface area contributed by atoms with Crippen LogP contribution < -0.4 is 5.32 Å². The predicted molar refractivity (Wildman–Crippen MR) is 117 cm³/mol. The topological polar surface area (TPSA) is 145 Å². The molecule has 0 aliphatic rings. The number of aliphatic carboxylic acids is 2. The van der Waals surface area contributed by atoms with Crippen molar-refractivity contribution in [1.82, 2.24) is 20.5 Å². The number of carbonyl (C=O) groups excluding carboxylic acids is 1. The Labute approximate surface area is 205 Å². The Balaban J connectivity index is 0.000000404. The largest absolute Gasteiger partial charge is 0.490 e. The third-order valence-electron chi connectivity index (χ3n) is 4.58. The number of H-pyrrole nitrogens is 1. The maximum atomic E-state index is 12.0. The van der Waals surface area contributed by atoms with Gasteiger partial charge in [0, 0.05) is 36.7 Å². The number of carbonyl (C=O) groups is 3. The lowest BCUT2D eigenvalue weighted by Gasteiger charge is -2.06. The van der Waals surface area contributed by atoms with Crippen LogP contribution in [0.4, 0.5) is 26.3 Å². The number of nitrogens with zero attached hydrogens (tertiary/aromatic N) is 2. The molecule has 0 fully saturated rings. The lowest BCUT2D eigenvalue weighted by atomic mass is 10.1. The van der Waals surface area contributed by atoms with Gasteiger partial charge in [-0.25, -0.2) is 9.59 Å². The van der Waals surface area contributed by atoms with Crippen molar-refractivity contribution in [3.63, 3.8) is 0 Å². The van der Waals surface area contributed by atoms with Gasteiger partial charge in [-0.3, -0.25) is 14.9 Å². The van der Waals surface area contributed by atoms with Crippen LogP contribution in [-0.2, 0) is 27.3 Å². The number of alkyl halides is 6. The third kappa shape index (κ3) is 11.0. The van der Waals surface area contributed by atoms with Crippen LogP contribution in [0.2, 0.25) is 0 Å².